The molecule has 0 fully saturated rings. The fourth-order valence-electron chi connectivity index (χ4n) is 6.25. The van der Waals surface area contributed by atoms with Gasteiger partial charge in [-0.15, -0.1) is 30.7 Å². The van der Waals surface area contributed by atoms with E-state index in [4.69, 9.17) is 5.73 Å². The van der Waals surface area contributed by atoms with Crippen LogP contribution in [0.15, 0.2) is 127 Å². The first kappa shape index (κ1) is 52.7. The molecule has 0 atom stereocenters. The van der Waals surface area contributed by atoms with Gasteiger partial charge in [0.25, 0.3) is 72.1 Å². The van der Waals surface area contributed by atoms with E-state index in [2.05, 4.69) is 30.7 Å². The molecule has 0 heterocycles. The van der Waals surface area contributed by atoms with Gasteiger partial charge in [0.15, 0.2) is 11.5 Å². The lowest BCUT2D eigenvalue weighted by Crippen LogP contribution is -2.04. The standard InChI is InChI=1S/C32H21N9O24S6/c33-27-20(11-21(66(48,49)50)16-10-25(70(60,61)62)29(31(43)26(16)27)39-35-18-5-2-13(41(46)47)8-23(18)68(54,55)56)37-36-19-6-3-14-15(32(19)71(63,64)65)9-24(69(57,58)59)28(30(14)42)38-34-17-4-1-12(40(44)45)7-22(17)67(51,52)53/h1-11,42-43H,33H2,(H,48,49,50)(H,51,52,53)(H,54,55,56)(H,57,58,59)(H,60,61,62)(H,63,64,65). The summed E-state index contributed by atoms with van der Waals surface area (Å²) in [5.74, 6) is -2.96. The lowest BCUT2D eigenvalue weighted by atomic mass is 10.0. The topological polar surface area (TPSA) is 553 Å². The van der Waals surface area contributed by atoms with Crippen molar-refractivity contribution in [3.8, 4) is 11.5 Å². The van der Waals surface area contributed by atoms with Gasteiger partial charge in [0.1, 0.15) is 63.5 Å². The van der Waals surface area contributed by atoms with Crippen LogP contribution >= 0.6 is 0 Å². The van der Waals surface area contributed by atoms with Crippen LogP contribution < -0.4 is 5.73 Å². The third-order valence-corrected chi connectivity index (χ3v) is 14.6. The number of phenolic OH excluding ortho intramolecular Hbond substituents is 2. The van der Waals surface area contributed by atoms with Crippen LogP contribution in [0.5, 0.6) is 11.5 Å². The number of rotatable bonds is 14. The Hall–Kier alpha value is -7.70. The number of phenols is 2. The van der Waals surface area contributed by atoms with Crippen molar-refractivity contribution < 1.29 is 97.9 Å². The summed E-state index contributed by atoms with van der Waals surface area (Å²) >= 11 is 0. The number of nitro groups is 2. The molecule has 0 aliphatic rings. The Morgan fingerprint density at radius 3 is 1.20 bits per heavy atom. The number of nitro benzene ring substituents is 2. The molecule has 6 aromatic carbocycles. The maximum absolute atomic E-state index is 12.9. The molecule has 0 saturated carbocycles. The van der Waals surface area contributed by atoms with Crippen LogP contribution in [0.3, 0.4) is 0 Å². The van der Waals surface area contributed by atoms with Gasteiger partial charge in [0, 0.05) is 40.4 Å². The normalized spacial score (nSPS) is 13.3. The number of nitrogens with zero attached hydrogens (tertiary/aromatic N) is 8. The van der Waals surface area contributed by atoms with Crippen molar-refractivity contribution in [1.29, 1.82) is 0 Å². The Labute approximate surface area is 393 Å². The van der Waals surface area contributed by atoms with E-state index in [1.54, 1.807) is 0 Å². The van der Waals surface area contributed by atoms with E-state index in [0.717, 1.165) is 6.07 Å². The number of benzene rings is 6. The number of azo groups is 3. The molecule has 0 amide bonds. The van der Waals surface area contributed by atoms with E-state index in [0.29, 0.717) is 48.5 Å². The van der Waals surface area contributed by atoms with Crippen LogP contribution in [0.4, 0.5) is 51.2 Å². The van der Waals surface area contributed by atoms with Gasteiger partial charge < -0.3 is 15.9 Å². The fraction of sp³-hybridized carbons (Fsp3) is 0. The number of nitrogen functional groups attached to an aromatic ring is 1. The van der Waals surface area contributed by atoms with E-state index in [-0.39, 0.29) is 12.1 Å². The molecule has 0 bridgehead atoms. The quantitative estimate of drug-likeness (QED) is 0.0213. The highest BCUT2D eigenvalue weighted by molar-refractivity contribution is 7.87. The number of aromatic hydroxyl groups is 2. The Balaban J connectivity index is 1.61. The first-order valence-electron chi connectivity index (χ1n) is 17.5. The first-order chi connectivity index (χ1) is 32.4. The molecule has 0 aromatic heterocycles. The Morgan fingerprint density at radius 2 is 0.789 bits per heavy atom. The molecule has 10 N–H and O–H groups in total. The van der Waals surface area contributed by atoms with Crippen molar-refractivity contribution in [1.82, 2.24) is 0 Å². The molecule has 39 heteroatoms. The van der Waals surface area contributed by atoms with E-state index >= 15 is 0 Å². The fourth-order valence-corrected chi connectivity index (χ4v) is 10.4. The molecule has 6 aromatic rings. The van der Waals surface area contributed by atoms with Crippen molar-refractivity contribution in [3.05, 3.63) is 87.0 Å². The molecule has 0 saturated heterocycles. The summed E-state index contributed by atoms with van der Waals surface area (Å²) in [7, 11) is -33.4. The van der Waals surface area contributed by atoms with Crippen molar-refractivity contribution in [2.45, 2.75) is 29.4 Å². The van der Waals surface area contributed by atoms with Crippen LogP contribution in [0.25, 0.3) is 21.5 Å². The zero-order valence-corrected chi connectivity index (χ0v) is 38.5. The highest BCUT2D eigenvalue weighted by atomic mass is 32.2. The third-order valence-electron chi connectivity index (χ3n) is 9.22. The third kappa shape index (κ3) is 10.6. The Kier molecular flexibility index (Phi) is 13.3. The number of hydrogen-bond acceptors (Lipinski definition) is 25. The SMILES string of the molecule is Nc1c(N=Nc2ccc3c(O)c(N=Nc4ccc([N+](=O)[O-])cc4S(=O)(=O)O)c(S(=O)(=O)O)cc3c2S(=O)(=O)O)cc(S(=O)(=O)O)c2cc(S(=O)(=O)O)c(N=Nc3ccc([N+](=O)[O-])cc3S(=O)(=O)O)c(O)c12. The Bertz CT molecular complexity index is 4210. The van der Waals surface area contributed by atoms with Crippen molar-refractivity contribution in [3.63, 3.8) is 0 Å². The molecule has 0 aliphatic heterocycles. The van der Waals surface area contributed by atoms with Gasteiger partial charge in [-0.05, 0) is 42.5 Å². The van der Waals surface area contributed by atoms with Gasteiger partial charge in [-0.2, -0.15) is 50.5 Å². The zero-order valence-electron chi connectivity index (χ0n) is 33.6. The lowest BCUT2D eigenvalue weighted by molar-refractivity contribution is -0.385. The summed E-state index contributed by atoms with van der Waals surface area (Å²) in [5.41, 5.74) is -3.27. The molecule has 0 aliphatic carbocycles. The average molecular weight is 1110 g/mol. The highest BCUT2D eigenvalue weighted by Gasteiger charge is 2.31. The number of non-ortho nitro benzene ring substituents is 2. The average Bonchev–Trinajstić information content (AvgIpc) is 3.22. The highest BCUT2D eigenvalue weighted by Crippen LogP contribution is 2.50. The molecule has 6 rings (SSSR count). The second-order valence-electron chi connectivity index (χ2n) is 13.7. The van der Waals surface area contributed by atoms with Crippen LogP contribution in [-0.4, -0.2) is 97.9 Å². The predicted molar refractivity (Wildman–Crippen MR) is 233 cm³/mol. The van der Waals surface area contributed by atoms with Crippen LogP contribution in [0.2, 0.25) is 0 Å². The largest absolute Gasteiger partial charge is 0.505 e. The van der Waals surface area contributed by atoms with E-state index in [9.17, 15) is 108 Å². The van der Waals surface area contributed by atoms with E-state index in [1.165, 1.54) is 0 Å². The summed E-state index contributed by atoms with van der Waals surface area (Å²) in [4.78, 5) is 11.7. The number of nitrogens with two attached hydrogens (primary N) is 1. The van der Waals surface area contributed by atoms with Crippen molar-refractivity contribution in [2.75, 3.05) is 5.73 Å². The van der Waals surface area contributed by atoms with Crippen LogP contribution in [0, 0.1) is 20.2 Å². The lowest BCUT2D eigenvalue weighted by Gasteiger charge is -2.15. The summed E-state index contributed by atoms with van der Waals surface area (Å²) in [6.45, 7) is 0. The second-order valence-corrected chi connectivity index (χ2v) is 22.0. The second kappa shape index (κ2) is 17.9. The van der Waals surface area contributed by atoms with Crippen molar-refractivity contribution in [2.24, 2.45) is 30.7 Å². The van der Waals surface area contributed by atoms with E-state index in [1.807, 2.05) is 0 Å². The van der Waals surface area contributed by atoms with Gasteiger partial charge >= 0.3 is 0 Å². The maximum atomic E-state index is 12.9. The minimum atomic E-state index is -5.74. The van der Waals surface area contributed by atoms with Gasteiger partial charge in [-0.1, -0.05) is 0 Å². The van der Waals surface area contributed by atoms with Gasteiger partial charge in [0.2, 0.25) is 0 Å². The Morgan fingerprint density at radius 1 is 0.408 bits per heavy atom. The summed E-state index contributed by atoms with van der Waals surface area (Å²) in [6.07, 6.45) is 0. The van der Waals surface area contributed by atoms with Gasteiger partial charge in [-0.3, -0.25) is 47.5 Å². The molecular weight excluding hydrogens is 1090 g/mol. The smallest absolute Gasteiger partial charge is 0.297 e. The van der Waals surface area contributed by atoms with Gasteiger partial charge in [0.05, 0.1) is 20.9 Å². The molecule has 374 valence electrons. The number of hydrogen-bond donors (Lipinski definition) is 9. The summed E-state index contributed by atoms with van der Waals surface area (Å²) < 4.78 is 209. The predicted octanol–water partition coefficient (Wildman–Crippen LogP) is 5.53. The zero-order chi connectivity index (χ0) is 53.3. The molecule has 0 radical (unpaired) electrons. The first-order valence-corrected chi connectivity index (χ1v) is 26.2. The van der Waals surface area contributed by atoms with Gasteiger partial charge in [-0.25, -0.2) is 0 Å². The van der Waals surface area contributed by atoms with Crippen LogP contribution in [0.1, 0.15) is 0 Å². The number of anilines is 1. The molecule has 71 heavy (non-hydrogen) atoms. The molecule has 0 spiro atoms. The van der Waals surface area contributed by atoms with E-state index < -0.39 is 184 Å². The van der Waals surface area contributed by atoms with Crippen LogP contribution in [-0.2, 0) is 60.7 Å². The van der Waals surface area contributed by atoms with Crippen molar-refractivity contribution >= 4 is 133 Å². The number of fused-ring (bicyclic) bond motifs is 2. The minimum absolute atomic E-state index is 0.241. The molecule has 0 unspecified atom stereocenters. The molecular formula is C32H21N9O24S6. The molecule has 33 nitrogen and oxygen atoms in total. The maximum Gasteiger partial charge on any atom is 0.297 e. The summed E-state index contributed by atoms with van der Waals surface area (Å²) in [5, 5.41) is 61.8. The summed E-state index contributed by atoms with van der Waals surface area (Å²) in [6, 6.07) is 5.27. The minimum Gasteiger partial charge on any atom is -0.505 e. The monoisotopic (exact) mass is 1110 g/mol.